The number of rotatable bonds is 4. The van der Waals surface area contributed by atoms with Gasteiger partial charge in [-0.2, -0.15) is 0 Å². The van der Waals surface area contributed by atoms with E-state index in [4.69, 9.17) is 5.11 Å². The minimum atomic E-state index is -0.812. The van der Waals surface area contributed by atoms with E-state index >= 15 is 0 Å². The molecular formula is C12H15N3O4. The van der Waals surface area contributed by atoms with Gasteiger partial charge < -0.3 is 21.1 Å². The van der Waals surface area contributed by atoms with Crippen molar-refractivity contribution in [2.45, 2.75) is 6.92 Å². The van der Waals surface area contributed by atoms with E-state index in [0.29, 0.717) is 12.1 Å². The van der Waals surface area contributed by atoms with E-state index in [1.165, 1.54) is 24.3 Å². The van der Waals surface area contributed by atoms with Crippen LogP contribution in [0.2, 0.25) is 0 Å². The van der Waals surface area contributed by atoms with Crippen molar-refractivity contribution in [3.8, 4) is 5.75 Å². The lowest BCUT2D eigenvalue weighted by molar-refractivity contribution is -0.139. The molecule has 0 aliphatic rings. The quantitative estimate of drug-likeness (QED) is 0.428. The molecule has 3 amide bonds. The maximum atomic E-state index is 11.6. The molecule has 4 N–H and O–H groups in total. The summed E-state index contributed by atoms with van der Waals surface area (Å²) in [7, 11) is 0. The minimum absolute atomic E-state index is 0.0566. The van der Waals surface area contributed by atoms with E-state index in [0.717, 1.165) is 0 Å². The van der Waals surface area contributed by atoms with Gasteiger partial charge in [-0.1, -0.05) is 0 Å². The molecule has 0 aliphatic heterocycles. The van der Waals surface area contributed by atoms with Gasteiger partial charge in [0.25, 0.3) is 5.91 Å². The summed E-state index contributed by atoms with van der Waals surface area (Å²) in [6, 6.07) is 5.64. The Morgan fingerprint density at radius 1 is 1.00 bits per heavy atom. The first-order chi connectivity index (χ1) is 9.04. The lowest BCUT2D eigenvalue weighted by Crippen LogP contribution is -2.44. The van der Waals surface area contributed by atoms with Crippen molar-refractivity contribution in [3.05, 3.63) is 29.8 Å². The Kier molecular flexibility index (Phi) is 5.34. The van der Waals surface area contributed by atoms with E-state index in [2.05, 4.69) is 16.0 Å². The lowest BCUT2D eigenvalue weighted by atomic mass is 10.2. The second-order valence-electron chi connectivity index (χ2n) is 3.59. The molecule has 1 aromatic carbocycles. The third-order valence-electron chi connectivity index (χ3n) is 2.17. The zero-order chi connectivity index (χ0) is 14.3. The molecule has 0 heterocycles. The van der Waals surface area contributed by atoms with Crippen LogP contribution in [0.4, 0.5) is 0 Å². The van der Waals surface area contributed by atoms with E-state index in [1.807, 2.05) is 0 Å². The van der Waals surface area contributed by atoms with Crippen molar-refractivity contribution in [2.24, 2.45) is 0 Å². The number of aromatic hydroxyl groups is 1. The summed E-state index contributed by atoms with van der Waals surface area (Å²) in [4.78, 5) is 33.8. The summed E-state index contributed by atoms with van der Waals surface area (Å²) in [6.07, 6.45) is 0. The fourth-order valence-corrected chi connectivity index (χ4v) is 1.24. The van der Waals surface area contributed by atoms with Gasteiger partial charge in [0, 0.05) is 12.1 Å². The van der Waals surface area contributed by atoms with Crippen LogP contribution in [-0.4, -0.2) is 36.0 Å². The summed E-state index contributed by atoms with van der Waals surface area (Å²) in [5, 5.41) is 16.1. The average molecular weight is 265 g/mol. The van der Waals surface area contributed by atoms with Crippen molar-refractivity contribution >= 4 is 17.7 Å². The summed E-state index contributed by atoms with van der Waals surface area (Å²) in [5.74, 6) is -1.92. The number of likely N-dealkylation sites (N-methyl/N-ethyl adjacent to an activating group) is 1. The zero-order valence-corrected chi connectivity index (χ0v) is 10.4. The Morgan fingerprint density at radius 3 is 2.16 bits per heavy atom. The number of carbonyl (C=O) groups excluding carboxylic acids is 3. The van der Waals surface area contributed by atoms with Crippen molar-refractivity contribution in [2.75, 3.05) is 13.2 Å². The van der Waals surface area contributed by atoms with E-state index in [9.17, 15) is 14.4 Å². The normalized spacial score (nSPS) is 9.53. The van der Waals surface area contributed by atoms with E-state index in [-0.39, 0.29) is 12.4 Å². The smallest absolute Gasteiger partial charge is 0.310 e. The molecule has 0 aliphatic carbocycles. The molecule has 0 saturated carbocycles. The van der Waals surface area contributed by atoms with E-state index in [1.54, 1.807) is 6.92 Å². The lowest BCUT2D eigenvalue weighted by Gasteiger charge is -2.07. The maximum absolute atomic E-state index is 11.6. The molecule has 1 aromatic rings. The Labute approximate surface area is 110 Å². The molecule has 0 atom stereocenters. The molecule has 0 unspecified atom stereocenters. The fraction of sp³-hybridized carbons (Fsp3) is 0.250. The molecule has 1 rings (SSSR count). The maximum Gasteiger partial charge on any atom is 0.310 e. The van der Waals surface area contributed by atoms with Crippen molar-refractivity contribution in [1.82, 2.24) is 16.0 Å². The Hall–Kier alpha value is -2.57. The van der Waals surface area contributed by atoms with Crippen LogP contribution in [0.25, 0.3) is 0 Å². The summed E-state index contributed by atoms with van der Waals surface area (Å²) in [5.41, 5.74) is 0.338. The largest absolute Gasteiger partial charge is 0.508 e. The monoisotopic (exact) mass is 265 g/mol. The van der Waals surface area contributed by atoms with Crippen LogP contribution in [-0.2, 0) is 9.59 Å². The standard InChI is InChI=1S/C12H15N3O4/c1-2-13-11(18)12(19)15-7-14-10(17)8-3-5-9(16)6-4-8/h3-6,16H,2,7H2,1H3,(H,13,18)(H,14,17)(H,15,19). The summed E-state index contributed by atoms with van der Waals surface area (Å²) >= 11 is 0. The molecule has 0 spiro atoms. The highest BCUT2D eigenvalue weighted by molar-refractivity contribution is 6.35. The second-order valence-corrected chi connectivity index (χ2v) is 3.59. The molecule has 0 fully saturated rings. The number of hydrogen-bond acceptors (Lipinski definition) is 4. The van der Waals surface area contributed by atoms with Crippen LogP contribution in [0.15, 0.2) is 24.3 Å². The summed E-state index contributed by atoms with van der Waals surface area (Å²) in [6.45, 7) is 1.89. The second kappa shape index (κ2) is 7.00. The van der Waals surface area contributed by atoms with Gasteiger partial charge in [0.05, 0.1) is 6.67 Å². The van der Waals surface area contributed by atoms with Gasteiger partial charge in [0.15, 0.2) is 0 Å². The first-order valence-corrected chi connectivity index (χ1v) is 5.68. The predicted octanol–water partition coefficient (Wildman–Crippen LogP) is -0.668. The number of hydrogen-bond donors (Lipinski definition) is 4. The number of amides is 3. The Bertz CT molecular complexity index is 470. The molecule has 7 nitrogen and oxygen atoms in total. The SMILES string of the molecule is CCNC(=O)C(=O)NCNC(=O)c1ccc(O)cc1. The van der Waals surface area contributed by atoms with Gasteiger partial charge in [-0.05, 0) is 31.2 Å². The minimum Gasteiger partial charge on any atom is -0.508 e. The highest BCUT2D eigenvalue weighted by Gasteiger charge is 2.11. The van der Waals surface area contributed by atoms with Crippen molar-refractivity contribution in [1.29, 1.82) is 0 Å². The van der Waals surface area contributed by atoms with Crippen LogP contribution in [0.3, 0.4) is 0 Å². The number of phenols is 1. The topological polar surface area (TPSA) is 108 Å². The average Bonchev–Trinajstić information content (AvgIpc) is 2.39. The van der Waals surface area contributed by atoms with Crippen LogP contribution in [0, 0.1) is 0 Å². The first-order valence-electron chi connectivity index (χ1n) is 5.68. The molecule has 19 heavy (non-hydrogen) atoms. The number of carbonyl (C=O) groups is 3. The van der Waals surface area contributed by atoms with Crippen molar-refractivity contribution in [3.63, 3.8) is 0 Å². The molecule has 0 saturated heterocycles. The highest BCUT2D eigenvalue weighted by Crippen LogP contribution is 2.08. The molecule has 0 radical (unpaired) electrons. The fourth-order valence-electron chi connectivity index (χ4n) is 1.24. The van der Waals surface area contributed by atoms with Gasteiger partial charge in [0.1, 0.15) is 5.75 Å². The summed E-state index contributed by atoms with van der Waals surface area (Å²) < 4.78 is 0. The molecule has 0 aromatic heterocycles. The van der Waals surface area contributed by atoms with Crippen molar-refractivity contribution < 1.29 is 19.5 Å². The Balaban J connectivity index is 2.37. The molecular weight excluding hydrogens is 250 g/mol. The predicted molar refractivity (Wildman–Crippen MR) is 67.3 cm³/mol. The van der Waals surface area contributed by atoms with Crippen LogP contribution in [0.5, 0.6) is 5.75 Å². The van der Waals surface area contributed by atoms with Gasteiger partial charge in [-0.3, -0.25) is 14.4 Å². The molecule has 7 heteroatoms. The van der Waals surface area contributed by atoms with Gasteiger partial charge in [0.2, 0.25) is 0 Å². The third kappa shape index (κ3) is 4.66. The van der Waals surface area contributed by atoms with Crippen LogP contribution < -0.4 is 16.0 Å². The number of benzene rings is 1. The number of phenolic OH excluding ortho intramolecular Hbond substituents is 1. The van der Waals surface area contributed by atoms with Crippen LogP contribution in [0.1, 0.15) is 17.3 Å². The third-order valence-corrected chi connectivity index (χ3v) is 2.17. The molecule has 0 bridgehead atoms. The zero-order valence-electron chi connectivity index (χ0n) is 10.4. The number of nitrogens with one attached hydrogen (secondary N) is 3. The van der Waals surface area contributed by atoms with Crippen LogP contribution >= 0.6 is 0 Å². The first kappa shape index (κ1) is 14.5. The molecule has 102 valence electrons. The van der Waals surface area contributed by atoms with Gasteiger partial charge in [-0.25, -0.2) is 0 Å². The van der Waals surface area contributed by atoms with Gasteiger partial charge in [-0.15, -0.1) is 0 Å². The highest BCUT2D eigenvalue weighted by atomic mass is 16.3. The van der Waals surface area contributed by atoms with Gasteiger partial charge >= 0.3 is 11.8 Å². The van der Waals surface area contributed by atoms with E-state index < -0.39 is 17.7 Å². The Morgan fingerprint density at radius 2 is 1.58 bits per heavy atom.